The molecule has 4 rings (SSSR count). The van der Waals surface area contributed by atoms with Gasteiger partial charge in [-0.05, 0) is 48.5 Å². The molecule has 0 aliphatic carbocycles. The zero-order valence-electron chi connectivity index (χ0n) is 16.1. The lowest BCUT2D eigenvalue weighted by atomic mass is 10.1. The van der Waals surface area contributed by atoms with Crippen LogP contribution < -0.4 is 4.74 Å². The standard InChI is InChI=1S/C23H11Cl2FN4O2/c24-17-7-14(12-28)8-18(10-17)31-22-19(25)6-5-16(21(22)26)9-20-29-30-23(32-20)15-3-1-13(11-27)2-4-15/h1-8,10H,9H2. The highest BCUT2D eigenvalue weighted by atomic mass is 35.5. The monoisotopic (exact) mass is 464 g/mol. The lowest BCUT2D eigenvalue weighted by Gasteiger charge is -2.11. The fourth-order valence-electron chi connectivity index (χ4n) is 2.90. The summed E-state index contributed by atoms with van der Waals surface area (Å²) in [5.41, 5.74) is 1.63. The van der Waals surface area contributed by atoms with E-state index in [1.54, 1.807) is 24.3 Å². The Kier molecular flexibility index (Phi) is 6.04. The SMILES string of the molecule is N#Cc1ccc(-c2nnc(Cc3ccc(Cl)c(Oc4cc(Cl)cc(C#N)c4)c3F)o2)cc1. The number of nitrogens with zero attached hydrogens (tertiary/aromatic N) is 4. The Bertz CT molecular complexity index is 1390. The van der Waals surface area contributed by atoms with Gasteiger partial charge in [-0.25, -0.2) is 4.39 Å². The summed E-state index contributed by atoms with van der Waals surface area (Å²) in [5, 5.41) is 26.2. The molecule has 0 amide bonds. The third-order valence-electron chi connectivity index (χ3n) is 4.42. The molecule has 0 aliphatic heterocycles. The van der Waals surface area contributed by atoms with E-state index in [1.807, 2.05) is 12.1 Å². The fourth-order valence-corrected chi connectivity index (χ4v) is 3.31. The van der Waals surface area contributed by atoms with Gasteiger partial charge in [0.15, 0.2) is 11.6 Å². The Balaban J connectivity index is 1.59. The van der Waals surface area contributed by atoms with Crippen molar-refractivity contribution in [2.45, 2.75) is 6.42 Å². The van der Waals surface area contributed by atoms with Gasteiger partial charge >= 0.3 is 0 Å². The van der Waals surface area contributed by atoms with Crippen LogP contribution in [0.15, 0.2) is 59.0 Å². The highest BCUT2D eigenvalue weighted by Gasteiger charge is 2.18. The van der Waals surface area contributed by atoms with Crippen LogP contribution in [0.5, 0.6) is 11.5 Å². The second-order valence-electron chi connectivity index (χ2n) is 6.61. The Morgan fingerprint density at radius 3 is 2.41 bits per heavy atom. The van der Waals surface area contributed by atoms with Gasteiger partial charge in [0.25, 0.3) is 0 Å². The predicted octanol–water partition coefficient (Wildman–Crippen LogP) is 6.31. The third-order valence-corrected chi connectivity index (χ3v) is 4.93. The number of halogens is 3. The first kappa shape index (κ1) is 21.3. The highest BCUT2D eigenvalue weighted by Crippen LogP contribution is 2.36. The van der Waals surface area contributed by atoms with Crippen LogP contribution in [-0.2, 0) is 6.42 Å². The van der Waals surface area contributed by atoms with Crippen LogP contribution in [0.2, 0.25) is 10.0 Å². The molecule has 0 saturated carbocycles. The lowest BCUT2D eigenvalue weighted by Crippen LogP contribution is -1.98. The first-order valence-corrected chi connectivity index (χ1v) is 9.91. The molecule has 6 nitrogen and oxygen atoms in total. The number of aromatic nitrogens is 2. The molecule has 3 aromatic carbocycles. The average molecular weight is 465 g/mol. The number of benzene rings is 3. The summed E-state index contributed by atoms with van der Waals surface area (Å²) in [6, 6.07) is 18.0. The van der Waals surface area contributed by atoms with Gasteiger partial charge in [0.2, 0.25) is 11.8 Å². The number of nitriles is 2. The van der Waals surface area contributed by atoms with Gasteiger partial charge in [-0.2, -0.15) is 10.5 Å². The minimum Gasteiger partial charge on any atom is -0.453 e. The van der Waals surface area contributed by atoms with Crippen molar-refractivity contribution in [3.8, 4) is 35.1 Å². The van der Waals surface area contributed by atoms with E-state index in [0.717, 1.165) is 0 Å². The van der Waals surface area contributed by atoms with Crippen LogP contribution in [-0.4, -0.2) is 10.2 Å². The van der Waals surface area contributed by atoms with E-state index in [2.05, 4.69) is 10.2 Å². The second-order valence-corrected chi connectivity index (χ2v) is 7.45. The van der Waals surface area contributed by atoms with E-state index < -0.39 is 5.82 Å². The Labute approximate surface area is 192 Å². The van der Waals surface area contributed by atoms with Crippen LogP contribution in [0.4, 0.5) is 4.39 Å². The van der Waals surface area contributed by atoms with Crippen molar-refractivity contribution in [3.05, 3.63) is 93.0 Å². The molecule has 0 aliphatic rings. The number of rotatable bonds is 5. The fraction of sp³-hybridized carbons (Fsp3) is 0.0435. The molecular formula is C23H11Cl2FN4O2. The Hall–Kier alpha value is -3.91. The van der Waals surface area contributed by atoms with Crippen LogP contribution in [0, 0.1) is 28.5 Å². The third kappa shape index (κ3) is 4.55. The van der Waals surface area contributed by atoms with Gasteiger partial charge in [0.1, 0.15) is 5.75 Å². The van der Waals surface area contributed by atoms with Crippen LogP contribution >= 0.6 is 23.2 Å². The zero-order chi connectivity index (χ0) is 22.7. The molecule has 9 heteroatoms. The minimum atomic E-state index is -0.700. The molecule has 0 bridgehead atoms. The van der Waals surface area contributed by atoms with Gasteiger partial charge in [-0.3, -0.25) is 0 Å². The van der Waals surface area contributed by atoms with Crippen molar-refractivity contribution in [2.75, 3.05) is 0 Å². The smallest absolute Gasteiger partial charge is 0.247 e. The predicted molar refractivity (Wildman–Crippen MR) is 115 cm³/mol. The van der Waals surface area contributed by atoms with Gasteiger partial charge in [-0.15, -0.1) is 10.2 Å². The summed E-state index contributed by atoms with van der Waals surface area (Å²) in [6.45, 7) is 0. The van der Waals surface area contributed by atoms with Crippen molar-refractivity contribution < 1.29 is 13.5 Å². The lowest BCUT2D eigenvalue weighted by molar-refractivity contribution is 0.437. The molecule has 1 aromatic heterocycles. The first-order chi connectivity index (χ1) is 15.5. The topological polar surface area (TPSA) is 95.7 Å². The number of hydrogen-bond donors (Lipinski definition) is 0. The maximum Gasteiger partial charge on any atom is 0.247 e. The van der Waals surface area contributed by atoms with Crippen LogP contribution in [0.3, 0.4) is 0 Å². The first-order valence-electron chi connectivity index (χ1n) is 9.15. The maximum absolute atomic E-state index is 15.2. The van der Waals surface area contributed by atoms with E-state index in [4.69, 9.17) is 42.9 Å². The van der Waals surface area contributed by atoms with Crippen molar-refractivity contribution in [1.29, 1.82) is 10.5 Å². The van der Waals surface area contributed by atoms with Crippen molar-refractivity contribution >= 4 is 23.2 Å². The van der Waals surface area contributed by atoms with Crippen molar-refractivity contribution in [1.82, 2.24) is 10.2 Å². The summed E-state index contributed by atoms with van der Waals surface area (Å²) in [7, 11) is 0. The molecule has 1 heterocycles. The summed E-state index contributed by atoms with van der Waals surface area (Å²) in [5.74, 6) is -0.298. The molecule has 0 radical (unpaired) electrons. The molecule has 0 N–H and O–H groups in total. The Morgan fingerprint density at radius 1 is 0.938 bits per heavy atom. The summed E-state index contributed by atoms with van der Waals surface area (Å²) < 4.78 is 26.4. The zero-order valence-corrected chi connectivity index (χ0v) is 17.7. The molecule has 0 unspecified atom stereocenters. The van der Waals surface area contributed by atoms with Crippen LogP contribution in [0.1, 0.15) is 22.6 Å². The quantitative estimate of drug-likeness (QED) is 0.343. The molecule has 156 valence electrons. The second kappa shape index (κ2) is 9.07. The van der Waals surface area contributed by atoms with E-state index in [1.165, 1.54) is 30.3 Å². The minimum absolute atomic E-state index is 0.00162. The van der Waals surface area contributed by atoms with Crippen molar-refractivity contribution in [2.24, 2.45) is 0 Å². The van der Waals surface area contributed by atoms with E-state index in [9.17, 15) is 0 Å². The van der Waals surface area contributed by atoms with E-state index in [0.29, 0.717) is 11.1 Å². The number of hydrogen-bond acceptors (Lipinski definition) is 6. The van der Waals surface area contributed by atoms with Gasteiger partial charge in [0.05, 0.1) is 34.7 Å². The molecule has 0 spiro atoms. The molecule has 32 heavy (non-hydrogen) atoms. The number of ether oxygens (including phenoxy) is 1. The van der Waals surface area contributed by atoms with Crippen molar-refractivity contribution in [3.63, 3.8) is 0 Å². The molecule has 0 atom stereocenters. The maximum atomic E-state index is 15.2. The summed E-state index contributed by atoms with van der Waals surface area (Å²) in [4.78, 5) is 0. The molecule has 0 fully saturated rings. The molecule has 0 saturated heterocycles. The average Bonchev–Trinajstić information content (AvgIpc) is 3.27. The summed E-state index contributed by atoms with van der Waals surface area (Å²) in [6.07, 6.45) is 0.00162. The normalized spacial score (nSPS) is 10.4. The largest absolute Gasteiger partial charge is 0.453 e. The van der Waals surface area contributed by atoms with Gasteiger partial charge in [0, 0.05) is 16.1 Å². The van der Waals surface area contributed by atoms with Crippen LogP contribution in [0.25, 0.3) is 11.5 Å². The molecule has 4 aromatic rings. The van der Waals surface area contributed by atoms with E-state index >= 15 is 4.39 Å². The van der Waals surface area contributed by atoms with Gasteiger partial charge < -0.3 is 9.15 Å². The van der Waals surface area contributed by atoms with E-state index in [-0.39, 0.29) is 50.9 Å². The Morgan fingerprint density at radius 2 is 1.69 bits per heavy atom. The summed E-state index contributed by atoms with van der Waals surface area (Å²) >= 11 is 12.1. The molecular weight excluding hydrogens is 454 g/mol. The highest BCUT2D eigenvalue weighted by molar-refractivity contribution is 6.32. The van der Waals surface area contributed by atoms with Gasteiger partial charge in [-0.1, -0.05) is 29.3 Å².